The Labute approximate surface area is 73.7 Å². The lowest BCUT2D eigenvalue weighted by Crippen LogP contribution is -2.16. The number of aliphatic hydroxyl groups excluding tert-OH is 1. The highest BCUT2D eigenvalue weighted by Gasteiger charge is 2.05. The summed E-state index contributed by atoms with van der Waals surface area (Å²) in [6.45, 7) is 1.35. The summed E-state index contributed by atoms with van der Waals surface area (Å²) in [4.78, 5) is 18.1. The number of esters is 1. The molecule has 0 aromatic carbocycles. The van der Waals surface area contributed by atoms with Crippen LogP contribution in [0.1, 0.15) is 6.92 Å². The van der Waals surface area contributed by atoms with Crippen molar-refractivity contribution >= 4 is 33.6 Å². The molecule has 0 rings (SSSR count). The second-order valence-corrected chi connectivity index (χ2v) is 16.7. The van der Waals surface area contributed by atoms with Crippen molar-refractivity contribution in [3.8, 4) is 0 Å². The molecular formula is C4H16O4Si3. The largest absolute Gasteiger partial charge is 0.467 e. The first-order valence-electron chi connectivity index (χ1n) is 3.46. The molecule has 0 radical (unpaired) electrons. The topological polar surface area (TPSA) is 66.8 Å². The fourth-order valence-electron chi connectivity index (χ4n) is 0.171. The molecule has 0 aliphatic rings. The second kappa shape index (κ2) is 10.0. The smallest absolute Gasteiger partial charge is 0.334 e. The van der Waals surface area contributed by atoms with E-state index in [1.54, 1.807) is 0 Å². The molecule has 11 heavy (non-hydrogen) atoms. The Kier molecular flexibility index (Phi) is 12.4. The summed E-state index contributed by atoms with van der Waals surface area (Å²) in [6.07, 6.45) is -0.995. The van der Waals surface area contributed by atoms with Crippen molar-refractivity contribution in [1.82, 2.24) is 0 Å². The monoisotopic (exact) mass is 212 g/mol. The van der Waals surface area contributed by atoms with Gasteiger partial charge >= 0.3 is 5.97 Å². The van der Waals surface area contributed by atoms with Crippen LogP contribution in [-0.4, -0.2) is 56.7 Å². The fourth-order valence-corrected chi connectivity index (χ4v) is 0.171. The number of rotatable bonds is 2. The van der Waals surface area contributed by atoms with E-state index in [1.807, 2.05) is 0 Å². The zero-order valence-corrected chi connectivity index (χ0v) is 12.0. The van der Waals surface area contributed by atoms with E-state index in [-0.39, 0.29) is 17.8 Å². The molecule has 0 amide bonds. The zero-order chi connectivity index (χ0) is 9.28. The summed E-state index contributed by atoms with van der Waals surface area (Å²) < 4.78 is 4.12. The summed E-state index contributed by atoms with van der Waals surface area (Å²) in [5, 5.41) is 8.35. The molecule has 2 N–H and O–H groups in total. The molecule has 0 saturated heterocycles. The van der Waals surface area contributed by atoms with Gasteiger partial charge in [0.25, 0.3) is 0 Å². The van der Waals surface area contributed by atoms with Gasteiger partial charge in [-0.25, -0.2) is 4.79 Å². The molecule has 1 unspecified atom stereocenters. The summed E-state index contributed by atoms with van der Waals surface area (Å²) in [5.74, 6) is -0.597. The predicted octanol–water partition coefficient (Wildman–Crippen LogP) is -4.03. The zero-order valence-electron chi connectivity index (χ0n) is 7.20. The molecule has 4 nitrogen and oxygen atoms in total. The Morgan fingerprint density at radius 2 is 2.09 bits per heavy atom. The average molecular weight is 212 g/mol. The lowest BCUT2D eigenvalue weighted by atomic mass is 10.4. The number of ether oxygens (including phenoxy) is 1. The van der Waals surface area contributed by atoms with Gasteiger partial charge < -0.3 is 14.6 Å². The standard InChI is InChI=1S/C4H8O3.H8OSi3/c1-3(5)4(6)7-2;1-3-4-2/h3,5H,1-2H3;1H,3-4H2,2H3. The summed E-state index contributed by atoms with van der Waals surface area (Å²) in [7, 11) is 2.45. The van der Waals surface area contributed by atoms with Gasteiger partial charge in [0, 0.05) is 8.55 Å². The SMILES string of the molecule is COC(=O)C(C)O.O[SiH2][SiH2][SiH3]. The molecule has 1 atom stereocenters. The summed E-state index contributed by atoms with van der Waals surface area (Å²) in [5.41, 5.74) is 0. The number of methoxy groups -OCH3 is 1. The van der Waals surface area contributed by atoms with Gasteiger partial charge in [0.2, 0.25) is 0 Å². The van der Waals surface area contributed by atoms with Crippen LogP contribution in [0.2, 0.25) is 0 Å². The van der Waals surface area contributed by atoms with E-state index in [9.17, 15) is 4.79 Å². The molecule has 0 aromatic rings. The van der Waals surface area contributed by atoms with Gasteiger partial charge in [-0.15, -0.1) is 0 Å². The van der Waals surface area contributed by atoms with Crippen molar-refractivity contribution < 1.29 is 19.4 Å². The van der Waals surface area contributed by atoms with E-state index in [1.165, 1.54) is 23.8 Å². The minimum atomic E-state index is -0.995. The maximum Gasteiger partial charge on any atom is 0.334 e. The lowest BCUT2D eigenvalue weighted by Gasteiger charge is -1.97. The first-order chi connectivity index (χ1) is 5.09. The number of hydrogen-bond donors (Lipinski definition) is 2. The fraction of sp³-hybridized carbons (Fsp3) is 0.750. The van der Waals surface area contributed by atoms with E-state index in [0.717, 1.165) is 0 Å². The first-order valence-corrected chi connectivity index (χ1v) is 13.8. The highest BCUT2D eigenvalue weighted by Crippen LogP contribution is 1.80. The number of aliphatic hydroxyl groups is 1. The Bertz CT molecular complexity index is 95.3. The van der Waals surface area contributed by atoms with Crippen molar-refractivity contribution in [3.63, 3.8) is 0 Å². The van der Waals surface area contributed by atoms with Crippen molar-refractivity contribution in [2.75, 3.05) is 7.11 Å². The predicted molar refractivity (Wildman–Crippen MR) is 52.9 cm³/mol. The Balaban J connectivity index is 0. The van der Waals surface area contributed by atoms with Crippen LogP contribution in [0.4, 0.5) is 0 Å². The molecule has 0 aliphatic carbocycles. The minimum absolute atomic E-state index is 0.258. The average Bonchev–Trinajstić information content (AvgIpc) is 2.03. The molecule has 0 fully saturated rings. The van der Waals surface area contributed by atoms with Crippen LogP contribution in [0, 0.1) is 0 Å². The van der Waals surface area contributed by atoms with Crippen molar-refractivity contribution in [2.24, 2.45) is 0 Å². The Hall–Kier alpha value is 0.0406. The molecule has 0 aromatic heterocycles. The van der Waals surface area contributed by atoms with Crippen molar-refractivity contribution in [3.05, 3.63) is 0 Å². The van der Waals surface area contributed by atoms with Gasteiger partial charge in [0.05, 0.1) is 7.11 Å². The summed E-state index contributed by atoms with van der Waals surface area (Å²) >= 11 is 0. The van der Waals surface area contributed by atoms with Gasteiger partial charge in [-0.05, 0) is 16.7 Å². The van der Waals surface area contributed by atoms with E-state index < -0.39 is 12.1 Å². The third kappa shape index (κ3) is 13.1. The van der Waals surface area contributed by atoms with E-state index in [0.29, 0.717) is 0 Å². The molecule has 0 heterocycles. The molecule has 0 bridgehead atoms. The van der Waals surface area contributed by atoms with Crippen LogP contribution in [0.15, 0.2) is 0 Å². The maximum absolute atomic E-state index is 10.0. The van der Waals surface area contributed by atoms with Crippen molar-refractivity contribution in [1.29, 1.82) is 0 Å². The number of carbonyl (C=O) groups excluding carboxylic acids is 1. The number of carbonyl (C=O) groups is 1. The third-order valence-electron chi connectivity index (χ3n) is 0.766. The van der Waals surface area contributed by atoms with E-state index in [2.05, 4.69) is 4.74 Å². The van der Waals surface area contributed by atoms with Gasteiger partial charge in [-0.3, -0.25) is 0 Å². The van der Waals surface area contributed by atoms with Crippen LogP contribution in [0.5, 0.6) is 0 Å². The van der Waals surface area contributed by atoms with E-state index in [4.69, 9.17) is 9.90 Å². The summed E-state index contributed by atoms with van der Waals surface area (Å²) in [6, 6.07) is 0. The molecular weight excluding hydrogens is 196 g/mol. The Morgan fingerprint density at radius 3 is 2.09 bits per heavy atom. The van der Waals surface area contributed by atoms with Gasteiger partial charge in [-0.2, -0.15) is 0 Å². The van der Waals surface area contributed by atoms with Crippen LogP contribution in [-0.2, 0) is 9.53 Å². The maximum atomic E-state index is 10.0. The highest BCUT2D eigenvalue weighted by molar-refractivity contribution is 7.21. The minimum Gasteiger partial charge on any atom is -0.467 e. The molecule has 68 valence electrons. The van der Waals surface area contributed by atoms with Crippen molar-refractivity contribution in [2.45, 2.75) is 13.0 Å². The normalized spacial score (nSPS) is 13.5. The molecule has 0 aliphatic heterocycles. The molecule has 0 saturated carbocycles. The van der Waals surface area contributed by atoms with Crippen LogP contribution in [0.3, 0.4) is 0 Å². The van der Waals surface area contributed by atoms with Crippen LogP contribution < -0.4 is 0 Å². The number of hydrogen-bond acceptors (Lipinski definition) is 4. The highest BCUT2D eigenvalue weighted by atomic mass is 29.5. The third-order valence-corrected chi connectivity index (χ3v) is 6.58. The van der Waals surface area contributed by atoms with Crippen LogP contribution >= 0.6 is 0 Å². The first kappa shape index (κ1) is 13.6. The van der Waals surface area contributed by atoms with Gasteiger partial charge in [0.15, 0.2) is 0 Å². The Morgan fingerprint density at radius 1 is 1.73 bits per heavy atom. The second-order valence-electron chi connectivity index (χ2n) is 1.92. The molecule has 0 spiro atoms. The van der Waals surface area contributed by atoms with Gasteiger partial charge in [-0.1, -0.05) is 0 Å². The lowest BCUT2D eigenvalue weighted by molar-refractivity contribution is -0.149. The van der Waals surface area contributed by atoms with Gasteiger partial charge in [0.1, 0.15) is 15.4 Å². The van der Waals surface area contributed by atoms with Crippen LogP contribution in [0.25, 0.3) is 0 Å². The molecule has 7 heteroatoms. The van der Waals surface area contributed by atoms with E-state index >= 15 is 0 Å². The quantitative estimate of drug-likeness (QED) is 0.361.